The standard InChI is InChI=1S/C34H29N3O4/c38-31-28-29(32(39)37(31)22-27-13-7-8-20-35-27)34(33(40)41,21-25-11-5-2-6-12-25)36-30(28)26-18-16-24(17-19-26)15-14-23-9-3-1-4-10-23/h1-20,28-30,36H,21-22H2,(H,40,41)/b15-14+. The van der Waals surface area contributed by atoms with Crippen LogP contribution in [0.1, 0.15) is 34.0 Å². The maximum Gasteiger partial charge on any atom is 0.325 e. The van der Waals surface area contributed by atoms with Crippen LogP contribution in [0.4, 0.5) is 0 Å². The van der Waals surface area contributed by atoms with Crippen molar-refractivity contribution in [1.82, 2.24) is 15.2 Å². The lowest BCUT2D eigenvalue weighted by molar-refractivity contribution is -0.151. The van der Waals surface area contributed by atoms with E-state index in [1.165, 1.54) is 4.90 Å². The van der Waals surface area contributed by atoms with Gasteiger partial charge in [0.05, 0.1) is 24.1 Å². The minimum atomic E-state index is -1.66. The Kier molecular flexibility index (Phi) is 7.03. The molecule has 2 amide bonds. The van der Waals surface area contributed by atoms with Gasteiger partial charge in [-0.2, -0.15) is 0 Å². The summed E-state index contributed by atoms with van der Waals surface area (Å²) >= 11 is 0. The number of carbonyl (C=O) groups excluding carboxylic acids is 2. The van der Waals surface area contributed by atoms with E-state index in [0.717, 1.165) is 22.3 Å². The smallest absolute Gasteiger partial charge is 0.325 e. The molecule has 4 atom stereocenters. The van der Waals surface area contributed by atoms with Gasteiger partial charge in [-0.3, -0.25) is 29.6 Å². The zero-order valence-corrected chi connectivity index (χ0v) is 22.3. The monoisotopic (exact) mass is 543 g/mol. The van der Waals surface area contributed by atoms with Crippen LogP contribution in [-0.4, -0.2) is 38.3 Å². The molecule has 7 nitrogen and oxygen atoms in total. The molecule has 4 aromatic rings. The van der Waals surface area contributed by atoms with Gasteiger partial charge in [0.25, 0.3) is 0 Å². The average molecular weight is 544 g/mol. The van der Waals surface area contributed by atoms with Gasteiger partial charge in [0.2, 0.25) is 11.8 Å². The van der Waals surface area contributed by atoms with E-state index >= 15 is 0 Å². The van der Waals surface area contributed by atoms with Crippen molar-refractivity contribution in [1.29, 1.82) is 0 Å². The molecule has 204 valence electrons. The zero-order valence-electron chi connectivity index (χ0n) is 22.3. The van der Waals surface area contributed by atoms with Crippen LogP contribution in [0.25, 0.3) is 12.2 Å². The third-order valence-corrected chi connectivity index (χ3v) is 8.06. The third-order valence-electron chi connectivity index (χ3n) is 8.06. The number of amides is 2. The van der Waals surface area contributed by atoms with Gasteiger partial charge < -0.3 is 5.11 Å². The number of fused-ring (bicyclic) bond motifs is 1. The molecule has 3 aromatic carbocycles. The van der Waals surface area contributed by atoms with Gasteiger partial charge in [-0.1, -0.05) is 103 Å². The predicted molar refractivity (Wildman–Crippen MR) is 155 cm³/mol. The molecule has 1 aromatic heterocycles. The van der Waals surface area contributed by atoms with E-state index < -0.39 is 35.3 Å². The summed E-state index contributed by atoms with van der Waals surface area (Å²) in [5, 5.41) is 14.0. The lowest BCUT2D eigenvalue weighted by atomic mass is 9.76. The number of carbonyl (C=O) groups is 3. The molecule has 0 aliphatic carbocycles. The molecule has 2 N–H and O–H groups in total. The number of hydrogen-bond donors (Lipinski definition) is 2. The average Bonchev–Trinajstić information content (AvgIpc) is 3.47. The Morgan fingerprint density at radius 2 is 1.46 bits per heavy atom. The highest BCUT2D eigenvalue weighted by atomic mass is 16.4. The topological polar surface area (TPSA) is 99.6 Å². The third kappa shape index (κ3) is 4.96. The van der Waals surface area contributed by atoms with Crippen molar-refractivity contribution < 1.29 is 19.5 Å². The number of nitrogens with one attached hydrogen (secondary N) is 1. The van der Waals surface area contributed by atoms with Crippen LogP contribution in [0.3, 0.4) is 0 Å². The summed E-state index contributed by atoms with van der Waals surface area (Å²) in [6.07, 6.45) is 5.69. The van der Waals surface area contributed by atoms with E-state index in [4.69, 9.17) is 0 Å². The molecule has 0 saturated carbocycles. The number of aromatic nitrogens is 1. The molecule has 2 aliphatic heterocycles. The number of carboxylic acid groups (broad SMARTS) is 1. The van der Waals surface area contributed by atoms with Gasteiger partial charge >= 0.3 is 5.97 Å². The molecular formula is C34H29N3O4. The molecule has 4 unspecified atom stereocenters. The molecule has 2 aliphatic rings. The summed E-state index contributed by atoms with van der Waals surface area (Å²) in [4.78, 5) is 46.4. The Morgan fingerprint density at radius 1 is 0.829 bits per heavy atom. The number of nitrogens with zero attached hydrogens (tertiary/aromatic N) is 2. The molecule has 0 radical (unpaired) electrons. The summed E-state index contributed by atoms with van der Waals surface area (Å²) in [6.45, 7) is 0.00246. The van der Waals surface area contributed by atoms with E-state index in [0.29, 0.717) is 5.69 Å². The number of hydrogen-bond acceptors (Lipinski definition) is 5. The van der Waals surface area contributed by atoms with E-state index in [9.17, 15) is 19.5 Å². The Bertz CT molecular complexity index is 1590. The predicted octanol–water partition coefficient (Wildman–Crippen LogP) is 4.76. The first-order valence-electron chi connectivity index (χ1n) is 13.6. The minimum Gasteiger partial charge on any atom is -0.480 e. The zero-order chi connectivity index (χ0) is 28.4. The first kappa shape index (κ1) is 26.3. The van der Waals surface area contributed by atoms with Gasteiger partial charge in [-0.05, 0) is 34.4 Å². The lowest BCUT2D eigenvalue weighted by Crippen LogP contribution is -2.57. The van der Waals surface area contributed by atoms with Gasteiger partial charge in [0.15, 0.2) is 0 Å². The number of rotatable bonds is 8. The number of aliphatic carboxylic acids is 1. The van der Waals surface area contributed by atoms with Gasteiger partial charge in [-0.15, -0.1) is 0 Å². The first-order chi connectivity index (χ1) is 20.0. The molecule has 7 heteroatoms. The maximum absolute atomic E-state index is 13.9. The Hall–Kier alpha value is -4.88. The van der Waals surface area contributed by atoms with Gasteiger partial charge in [0, 0.05) is 18.7 Å². The van der Waals surface area contributed by atoms with Crippen molar-refractivity contribution in [2.45, 2.75) is 24.5 Å². The fourth-order valence-corrected chi connectivity index (χ4v) is 6.08. The molecule has 2 saturated heterocycles. The molecule has 0 spiro atoms. The maximum atomic E-state index is 13.9. The molecule has 3 heterocycles. The fourth-order valence-electron chi connectivity index (χ4n) is 6.08. The normalized spacial score (nSPS) is 23.7. The number of carboxylic acids is 1. The van der Waals surface area contributed by atoms with Crippen molar-refractivity contribution in [3.05, 3.63) is 137 Å². The summed E-state index contributed by atoms with van der Waals surface area (Å²) in [5.41, 5.74) is 2.48. The summed E-state index contributed by atoms with van der Waals surface area (Å²) < 4.78 is 0. The van der Waals surface area contributed by atoms with Crippen LogP contribution in [0.5, 0.6) is 0 Å². The Balaban J connectivity index is 1.37. The minimum absolute atomic E-state index is 0.00246. The van der Waals surface area contributed by atoms with Gasteiger partial charge in [0.1, 0.15) is 5.54 Å². The lowest BCUT2D eigenvalue weighted by Gasteiger charge is -2.31. The molecule has 2 fully saturated rings. The van der Waals surface area contributed by atoms with Crippen LogP contribution in [0.2, 0.25) is 0 Å². The molecule has 41 heavy (non-hydrogen) atoms. The van der Waals surface area contributed by atoms with Crippen molar-refractivity contribution >= 4 is 29.9 Å². The number of benzene rings is 3. The first-order valence-corrected chi connectivity index (χ1v) is 13.6. The largest absolute Gasteiger partial charge is 0.480 e. The highest BCUT2D eigenvalue weighted by molar-refractivity contribution is 6.09. The molecular weight excluding hydrogens is 514 g/mol. The second-order valence-corrected chi connectivity index (χ2v) is 10.6. The van der Waals surface area contributed by atoms with Crippen LogP contribution in [0, 0.1) is 11.8 Å². The van der Waals surface area contributed by atoms with Crippen molar-refractivity contribution in [3.8, 4) is 0 Å². The van der Waals surface area contributed by atoms with Gasteiger partial charge in [-0.25, -0.2) is 0 Å². The second kappa shape index (κ2) is 10.9. The van der Waals surface area contributed by atoms with Crippen molar-refractivity contribution in [2.24, 2.45) is 11.8 Å². The SMILES string of the molecule is O=C1C2C(c3ccc(/C=C/c4ccccc4)cc3)NC(Cc3ccccc3)(C(=O)O)C2C(=O)N1Cc1ccccn1. The Morgan fingerprint density at radius 3 is 2.10 bits per heavy atom. The van der Waals surface area contributed by atoms with Crippen LogP contribution in [0.15, 0.2) is 109 Å². The van der Waals surface area contributed by atoms with Crippen LogP contribution < -0.4 is 5.32 Å². The van der Waals surface area contributed by atoms with E-state index in [1.807, 2.05) is 97.1 Å². The number of pyridine rings is 1. The van der Waals surface area contributed by atoms with Crippen LogP contribution >= 0.6 is 0 Å². The quantitative estimate of drug-likeness (QED) is 0.246. The summed E-state index contributed by atoms with van der Waals surface area (Å²) in [5.74, 6) is -3.95. The number of imide groups is 1. The van der Waals surface area contributed by atoms with E-state index in [-0.39, 0.29) is 18.9 Å². The molecule has 6 rings (SSSR count). The molecule has 0 bridgehead atoms. The fraction of sp³-hybridized carbons (Fsp3) is 0.176. The Labute approximate surface area is 238 Å². The van der Waals surface area contributed by atoms with E-state index in [1.54, 1.807) is 24.4 Å². The highest BCUT2D eigenvalue weighted by Gasteiger charge is 2.68. The van der Waals surface area contributed by atoms with Crippen molar-refractivity contribution in [3.63, 3.8) is 0 Å². The van der Waals surface area contributed by atoms with Crippen LogP contribution in [-0.2, 0) is 27.3 Å². The number of likely N-dealkylation sites (tertiary alicyclic amines) is 1. The summed E-state index contributed by atoms with van der Waals surface area (Å²) in [6, 6.07) is 31.5. The van der Waals surface area contributed by atoms with E-state index in [2.05, 4.69) is 10.3 Å². The second-order valence-electron chi connectivity index (χ2n) is 10.6. The highest BCUT2D eigenvalue weighted by Crippen LogP contribution is 2.50. The van der Waals surface area contributed by atoms with Crippen molar-refractivity contribution in [2.75, 3.05) is 0 Å². The summed E-state index contributed by atoms with van der Waals surface area (Å²) in [7, 11) is 0.